The molecule has 1 aliphatic rings. The number of nitrogens with zero attached hydrogens (tertiary/aromatic N) is 5. The van der Waals surface area contributed by atoms with Gasteiger partial charge in [-0.2, -0.15) is 5.26 Å². The van der Waals surface area contributed by atoms with E-state index in [1.54, 1.807) is 12.3 Å². The number of fused-ring (bicyclic) bond motifs is 1. The van der Waals surface area contributed by atoms with Crippen molar-refractivity contribution < 1.29 is 4.79 Å². The van der Waals surface area contributed by atoms with E-state index in [1.807, 2.05) is 24.3 Å². The Morgan fingerprint density at radius 2 is 2.21 bits per heavy atom. The molecule has 1 saturated heterocycles. The fourth-order valence-electron chi connectivity index (χ4n) is 3.43. The number of benzene rings is 1. The van der Waals surface area contributed by atoms with E-state index in [1.165, 1.54) is 6.33 Å². The molecular formula is C20H17BrN6O. The van der Waals surface area contributed by atoms with Crippen molar-refractivity contribution in [1.82, 2.24) is 20.3 Å². The van der Waals surface area contributed by atoms with E-state index in [-0.39, 0.29) is 11.9 Å². The molecule has 0 spiro atoms. The molecule has 0 saturated carbocycles. The molecule has 1 N–H and O–H groups in total. The van der Waals surface area contributed by atoms with Crippen LogP contribution in [0.2, 0.25) is 0 Å². The Labute approximate surface area is 170 Å². The number of rotatable bonds is 3. The molecule has 8 heteroatoms. The normalized spacial score (nSPS) is 16.6. The van der Waals surface area contributed by atoms with E-state index in [0.29, 0.717) is 17.8 Å². The quantitative estimate of drug-likeness (QED) is 0.677. The second-order valence-corrected chi connectivity index (χ2v) is 7.57. The van der Waals surface area contributed by atoms with E-state index in [2.05, 4.69) is 42.2 Å². The fourth-order valence-corrected chi connectivity index (χ4v) is 3.79. The first-order valence-corrected chi connectivity index (χ1v) is 9.75. The summed E-state index contributed by atoms with van der Waals surface area (Å²) in [5.41, 5.74) is 1.73. The van der Waals surface area contributed by atoms with Crippen LogP contribution >= 0.6 is 15.9 Å². The van der Waals surface area contributed by atoms with Gasteiger partial charge >= 0.3 is 0 Å². The number of nitrogens with one attached hydrogen (secondary N) is 1. The first kappa shape index (κ1) is 18.3. The number of aromatic nitrogens is 3. The Morgan fingerprint density at radius 1 is 1.32 bits per heavy atom. The lowest BCUT2D eigenvalue weighted by Crippen LogP contribution is -2.48. The largest absolute Gasteiger partial charge is 0.355 e. The van der Waals surface area contributed by atoms with Crippen molar-refractivity contribution in [3.8, 4) is 6.07 Å². The maximum absolute atomic E-state index is 12.4. The van der Waals surface area contributed by atoms with Gasteiger partial charge in [0.1, 0.15) is 17.8 Å². The smallest absolute Gasteiger partial charge is 0.270 e. The van der Waals surface area contributed by atoms with Gasteiger partial charge in [-0.25, -0.2) is 15.0 Å². The van der Waals surface area contributed by atoms with Crippen LogP contribution in [-0.2, 0) is 0 Å². The first-order valence-electron chi connectivity index (χ1n) is 8.96. The summed E-state index contributed by atoms with van der Waals surface area (Å²) >= 11 is 3.44. The van der Waals surface area contributed by atoms with Crippen molar-refractivity contribution in [3.05, 3.63) is 58.6 Å². The summed E-state index contributed by atoms with van der Waals surface area (Å²) in [4.78, 5) is 27.1. The predicted octanol–water partition coefficient (Wildman–Crippen LogP) is 3.06. The van der Waals surface area contributed by atoms with Gasteiger partial charge < -0.3 is 10.2 Å². The van der Waals surface area contributed by atoms with Crippen LogP contribution in [0.25, 0.3) is 10.9 Å². The Kier molecular flexibility index (Phi) is 5.17. The minimum Gasteiger partial charge on any atom is -0.355 e. The van der Waals surface area contributed by atoms with Crippen LogP contribution in [0, 0.1) is 11.3 Å². The third-order valence-corrected chi connectivity index (χ3v) is 5.27. The Bertz CT molecular complexity index is 1070. The summed E-state index contributed by atoms with van der Waals surface area (Å²) in [7, 11) is 0. The molecule has 0 radical (unpaired) electrons. The van der Waals surface area contributed by atoms with Crippen LogP contribution in [-0.4, -0.2) is 40.0 Å². The minimum atomic E-state index is -0.205. The zero-order valence-corrected chi connectivity index (χ0v) is 16.6. The van der Waals surface area contributed by atoms with Gasteiger partial charge in [-0.15, -0.1) is 0 Å². The third-order valence-electron chi connectivity index (χ3n) is 4.77. The second kappa shape index (κ2) is 7.90. The SMILES string of the molecule is N#Cc1cc(N2CCC[C@H](NC(=O)c3ccncn3)C2)nc2ccc(Br)cc12. The van der Waals surface area contributed by atoms with E-state index in [4.69, 9.17) is 4.98 Å². The first-order chi connectivity index (χ1) is 13.6. The highest BCUT2D eigenvalue weighted by Gasteiger charge is 2.24. The van der Waals surface area contributed by atoms with E-state index >= 15 is 0 Å². The van der Waals surface area contributed by atoms with Crippen molar-refractivity contribution in [3.63, 3.8) is 0 Å². The van der Waals surface area contributed by atoms with Crippen LogP contribution in [0.4, 0.5) is 5.82 Å². The summed E-state index contributed by atoms with van der Waals surface area (Å²) in [6, 6.07) is 11.4. The van der Waals surface area contributed by atoms with Gasteiger partial charge in [-0.05, 0) is 43.2 Å². The highest BCUT2D eigenvalue weighted by Crippen LogP contribution is 2.27. The Hall–Kier alpha value is -3.05. The number of anilines is 1. The third kappa shape index (κ3) is 3.80. The molecule has 1 amide bonds. The van der Waals surface area contributed by atoms with Gasteiger partial charge in [0.05, 0.1) is 17.1 Å². The molecule has 0 unspecified atom stereocenters. The number of amides is 1. The molecule has 4 rings (SSSR count). The molecule has 1 fully saturated rings. The Morgan fingerprint density at radius 3 is 3.00 bits per heavy atom. The molecule has 2 aromatic heterocycles. The summed E-state index contributed by atoms with van der Waals surface area (Å²) in [6.45, 7) is 1.47. The lowest BCUT2D eigenvalue weighted by Gasteiger charge is -2.34. The van der Waals surface area contributed by atoms with Crippen molar-refractivity contribution in [2.45, 2.75) is 18.9 Å². The van der Waals surface area contributed by atoms with Gasteiger partial charge in [-0.3, -0.25) is 4.79 Å². The number of nitriles is 1. The summed E-state index contributed by atoms with van der Waals surface area (Å²) in [5, 5.41) is 13.4. The topological polar surface area (TPSA) is 94.8 Å². The summed E-state index contributed by atoms with van der Waals surface area (Å²) < 4.78 is 0.913. The van der Waals surface area contributed by atoms with Gasteiger partial charge in [0.15, 0.2) is 0 Å². The lowest BCUT2D eigenvalue weighted by atomic mass is 10.0. The van der Waals surface area contributed by atoms with E-state index < -0.39 is 0 Å². The van der Waals surface area contributed by atoms with Gasteiger partial charge in [0, 0.05) is 35.2 Å². The van der Waals surface area contributed by atoms with Crippen LogP contribution in [0.1, 0.15) is 28.9 Å². The number of hydrogen-bond acceptors (Lipinski definition) is 6. The number of carbonyl (C=O) groups is 1. The molecule has 3 heterocycles. The maximum Gasteiger partial charge on any atom is 0.270 e. The molecular weight excluding hydrogens is 420 g/mol. The number of pyridine rings is 1. The van der Waals surface area contributed by atoms with Crippen LogP contribution < -0.4 is 10.2 Å². The molecule has 7 nitrogen and oxygen atoms in total. The number of hydrogen-bond donors (Lipinski definition) is 1. The number of carbonyl (C=O) groups excluding carboxylic acids is 1. The molecule has 28 heavy (non-hydrogen) atoms. The second-order valence-electron chi connectivity index (χ2n) is 6.65. The summed E-state index contributed by atoms with van der Waals surface area (Å²) in [5.74, 6) is 0.552. The van der Waals surface area contributed by atoms with Gasteiger partial charge in [0.25, 0.3) is 5.91 Å². The molecule has 140 valence electrons. The van der Waals surface area contributed by atoms with Crippen molar-refractivity contribution in [2.24, 2.45) is 0 Å². The maximum atomic E-state index is 12.4. The zero-order valence-electron chi connectivity index (χ0n) is 15.0. The standard InChI is InChI=1S/C20H17BrN6O/c21-14-3-4-17-16(9-14)13(10-22)8-19(26-17)27-7-1-2-15(11-27)25-20(28)18-5-6-23-12-24-18/h3-6,8-9,12,15H,1-2,7,11H2,(H,25,28)/t15-/m0/s1. The zero-order chi connectivity index (χ0) is 19.5. The number of halogens is 1. The minimum absolute atomic E-state index is 0.0100. The average Bonchev–Trinajstić information content (AvgIpc) is 2.73. The average molecular weight is 437 g/mol. The van der Waals surface area contributed by atoms with E-state index in [0.717, 1.165) is 40.6 Å². The predicted molar refractivity (Wildman–Crippen MR) is 109 cm³/mol. The molecule has 1 atom stereocenters. The highest BCUT2D eigenvalue weighted by molar-refractivity contribution is 9.10. The molecule has 0 bridgehead atoms. The molecule has 0 aliphatic carbocycles. The van der Waals surface area contributed by atoms with E-state index in [9.17, 15) is 10.1 Å². The van der Waals surface area contributed by atoms with Crippen LogP contribution in [0.3, 0.4) is 0 Å². The molecule has 1 aliphatic heterocycles. The van der Waals surface area contributed by atoms with Crippen LogP contribution in [0.15, 0.2) is 47.3 Å². The number of piperidine rings is 1. The fraction of sp³-hybridized carbons (Fsp3) is 0.250. The van der Waals surface area contributed by atoms with Crippen molar-refractivity contribution in [1.29, 1.82) is 5.26 Å². The summed E-state index contributed by atoms with van der Waals surface area (Å²) in [6.07, 6.45) is 4.73. The molecule has 3 aromatic rings. The van der Waals surface area contributed by atoms with Gasteiger partial charge in [0.2, 0.25) is 0 Å². The van der Waals surface area contributed by atoms with Gasteiger partial charge in [-0.1, -0.05) is 15.9 Å². The lowest BCUT2D eigenvalue weighted by molar-refractivity contribution is 0.0928. The van der Waals surface area contributed by atoms with Crippen molar-refractivity contribution >= 4 is 38.6 Å². The van der Waals surface area contributed by atoms with Crippen molar-refractivity contribution in [2.75, 3.05) is 18.0 Å². The van der Waals surface area contributed by atoms with Crippen LogP contribution in [0.5, 0.6) is 0 Å². The highest BCUT2D eigenvalue weighted by atomic mass is 79.9. The monoisotopic (exact) mass is 436 g/mol. The Balaban J connectivity index is 1.55. The molecule has 1 aromatic carbocycles.